The molecule has 4 N–H and O–H groups in total. The van der Waals surface area contributed by atoms with Crippen LogP contribution in [0.5, 0.6) is 23.0 Å². The van der Waals surface area contributed by atoms with Gasteiger partial charge < -0.3 is 30.4 Å². The quantitative estimate of drug-likeness (QED) is 0.0381. The minimum atomic E-state index is -0.237. The van der Waals surface area contributed by atoms with Gasteiger partial charge in [-0.3, -0.25) is 0 Å². The zero-order chi connectivity index (χ0) is 41.8. The van der Waals surface area contributed by atoms with Crippen molar-refractivity contribution in [3.63, 3.8) is 0 Å². The fourth-order valence-electron chi connectivity index (χ4n) is 6.42. The van der Waals surface area contributed by atoms with Crippen molar-refractivity contribution < 1.29 is 27.7 Å². The van der Waals surface area contributed by atoms with Crippen LogP contribution in [0.15, 0.2) is 133 Å². The van der Waals surface area contributed by atoms with Gasteiger partial charge in [-0.05, 0) is 158 Å². The Morgan fingerprint density at radius 1 is 0.350 bits per heavy atom. The van der Waals surface area contributed by atoms with E-state index in [1.54, 1.807) is 24.3 Å². The smallest absolute Gasteiger partial charge is 0.142 e. The van der Waals surface area contributed by atoms with E-state index in [1.165, 1.54) is 24.3 Å². The molecule has 8 heteroatoms. The second kappa shape index (κ2) is 23.2. The van der Waals surface area contributed by atoms with E-state index in [-0.39, 0.29) is 11.6 Å². The highest BCUT2D eigenvalue weighted by molar-refractivity contribution is 5.74. The van der Waals surface area contributed by atoms with E-state index < -0.39 is 0 Å². The molecule has 0 aliphatic heterocycles. The maximum atomic E-state index is 13.1. The SMILES string of the molecule is Nc1ccc(-c2ccc(N)c(OCCCCCCOc3ccc(/C=C/c4ccc(F)cc4)cc3)c2)cc1OCCCCCCOc1ccc(/C=C/c2ccc(F)cc2)cc1. The standard InChI is InChI=1S/C52H54F2N2O4/c53-45-23-13-39(14-24-45)9-11-41-17-27-47(28-18-41)57-33-5-1-3-7-35-59-51-37-43(21-31-49(51)55)44-22-32-50(56)52(38-44)60-36-8-4-2-6-34-58-48-29-19-42(20-30-48)12-10-40-15-25-46(54)26-16-40/h9-32,37-38H,1-8,33-36,55-56H2/b11-9+,12-10+. The first-order valence-electron chi connectivity index (χ1n) is 20.8. The first-order chi connectivity index (χ1) is 29.4. The molecule has 0 heterocycles. The van der Waals surface area contributed by atoms with Gasteiger partial charge in [-0.2, -0.15) is 0 Å². The maximum Gasteiger partial charge on any atom is 0.142 e. The van der Waals surface area contributed by atoms with Crippen molar-refractivity contribution in [3.05, 3.63) is 167 Å². The van der Waals surface area contributed by atoms with Gasteiger partial charge in [0.05, 0.1) is 37.8 Å². The zero-order valence-electron chi connectivity index (χ0n) is 34.0. The van der Waals surface area contributed by atoms with Crippen LogP contribution < -0.4 is 30.4 Å². The van der Waals surface area contributed by atoms with Crippen molar-refractivity contribution >= 4 is 35.7 Å². The number of anilines is 2. The van der Waals surface area contributed by atoms with E-state index in [1.807, 2.05) is 109 Å². The number of ether oxygens (including phenoxy) is 4. The zero-order valence-corrected chi connectivity index (χ0v) is 34.0. The summed E-state index contributed by atoms with van der Waals surface area (Å²) in [5, 5.41) is 0. The lowest BCUT2D eigenvalue weighted by Crippen LogP contribution is -2.02. The topological polar surface area (TPSA) is 89.0 Å². The number of unbranched alkanes of at least 4 members (excludes halogenated alkanes) is 6. The van der Waals surface area contributed by atoms with Crippen LogP contribution in [0.4, 0.5) is 20.2 Å². The van der Waals surface area contributed by atoms with E-state index >= 15 is 0 Å². The van der Waals surface area contributed by atoms with Crippen LogP contribution in [-0.2, 0) is 0 Å². The number of rotatable bonds is 23. The summed E-state index contributed by atoms with van der Waals surface area (Å²) in [6, 6.07) is 40.5. The maximum absolute atomic E-state index is 13.1. The van der Waals surface area contributed by atoms with Crippen molar-refractivity contribution in [2.45, 2.75) is 51.4 Å². The van der Waals surface area contributed by atoms with Gasteiger partial charge in [0, 0.05) is 0 Å². The van der Waals surface area contributed by atoms with Gasteiger partial charge in [0.1, 0.15) is 34.6 Å². The first kappa shape index (κ1) is 43.0. The van der Waals surface area contributed by atoms with Crippen molar-refractivity contribution in [1.82, 2.24) is 0 Å². The lowest BCUT2D eigenvalue weighted by atomic mass is 10.0. The molecule has 0 saturated carbocycles. The average Bonchev–Trinajstić information content (AvgIpc) is 3.27. The van der Waals surface area contributed by atoms with Crippen LogP contribution in [0.1, 0.15) is 73.6 Å². The molecular formula is C52H54F2N2O4. The Bertz CT molecular complexity index is 2090. The summed E-state index contributed by atoms with van der Waals surface area (Å²) in [5.74, 6) is 2.55. The molecule has 0 aliphatic carbocycles. The van der Waals surface area contributed by atoms with Crippen LogP contribution in [0, 0.1) is 11.6 Å². The molecule has 0 aliphatic rings. The minimum absolute atomic E-state index is 0.237. The molecule has 0 radical (unpaired) electrons. The van der Waals surface area contributed by atoms with Gasteiger partial charge in [-0.1, -0.05) is 85.0 Å². The predicted octanol–water partition coefficient (Wildman–Crippen LogP) is 13.2. The van der Waals surface area contributed by atoms with Crippen molar-refractivity contribution in [2.75, 3.05) is 37.9 Å². The molecule has 6 rings (SSSR count). The molecule has 0 amide bonds. The third-order valence-corrected chi connectivity index (χ3v) is 9.93. The summed E-state index contributed by atoms with van der Waals surface area (Å²) < 4.78 is 50.3. The first-order valence-corrected chi connectivity index (χ1v) is 20.8. The number of benzene rings is 6. The van der Waals surface area contributed by atoms with Gasteiger partial charge in [-0.15, -0.1) is 0 Å². The number of halogens is 2. The molecule has 6 aromatic rings. The number of nitrogen functional groups attached to an aromatic ring is 2. The van der Waals surface area contributed by atoms with Crippen LogP contribution in [0.25, 0.3) is 35.4 Å². The molecule has 0 saturated heterocycles. The molecule has 310 valence electrons. The molecule has 6 nitrogen and oxygen atoms in total. The molecule has 6 aromatic carbocycles. The fraction of sp³-hybridized carbons (Fsp3) is 0.231. The summed E-state index contributed by atoms with van der Waals surface area (Å²) in [6.45, 7) is 2.47. The number of hydrogen-bond donors (Lipinski definition) is 2. The minimum Gasteiger partial charge on any atom is -0.494 e. The van der Waals surface area contributed by atoms with E-state index in [2.05, 4.69) is 0 Å². The van der Waals surface area contributed by atoms with Crippen LogP contribution in [0.2, 0.25) is 0 Å². The van der Waals surface area contributed by atoms with Crippen LogP contribution >= 0.6 is 0 Å². The Balaban J connectivity index is 0.829. The third-order valence-electron chi connectivity index (χ3n) is 9.93. The Morgan fingerprint density at radius 3 is 0.983 bits per heavy atom. The average molecular weight is 809 g/mol. The Labute approximate surface area is 353 Å². The summed E-state index contributed by atoms with van der Waals surface area (Å²) in [4.78, 5) is 0. The number of nitrogens with two attached hydrogens (primary N) is 2. The lowest BCUT2D eigenvalue weighted by molar-refractivity contribution is 0.288. The van der Waals surface area contributed by atoms with Crippen molar-refractivity contribution in [1.29, 1.82) is 0 Å². The van der Waals surface area contributed by atoms with E-state index in [0.29, 0.717) is 49.3 Å². The monoisotopic (exact) mass is 808 g/mol. The highest BCUT2D eigenvalue weighted by Crippen LogP contribution is 2.33. The summed E-state index contributed by atoms with van der Waals surface area (Å²) in [5.41, 5.74) is 19.7. The second-order valence-corrected chi connectivity index (χ2v) is 14.6. The largest absolute Gasteiger partial charge is 0.494 e. The van der Waals surface area contributed by atoms with E-state index in [4.69, 9.17) is 30.4 Å². The molecule has 0 bridgehead atoms. The molecule has 60 heavy (non-hydrogen) atoms. The number of hydrogen-bond acceptors (Lipinski definition) is 6. The highest BCUT2D eigenvalue weighted by Gasteiger charge is 2.09. The third kappa shape index (κ3) is 14.4. The molecule has 0 atom stereocenters. The summed E-state index contributed by atoms with van der Waals surface area (Å²) in [6.07, 6.45) is 15.8. The van der Waals surface area contributed by atoms with Gasteiger partial charge in [0.2, 0.25) is 0 Å². The van der Waals surface area contributed by atoms with Gasteiger partial charge >= 0.3 is 0 Å². The predicted molar refractivity (Wildman–Crippen MR) is 243 cm³/mol. The Morgan fingerprint density at radius 2 is 0.650 bits per heavy atom. The molecule has 0 fully saturated rings. The van der Waals surface area contributed by atoms with Crippen molar-refractivity contribution in [2.24, 2.45) is 0 Å². The van der Waals surface area contributed by atoms with E-state index in [0.717, 1.165) is 96.2 Å². The van der Waals surface area contributed by atoms with Crippen molar-refractivity contribution in [3.8, 4) is 34.1 Å². The van der Waals surface area contributed by atoms with Crippen LogP contribution in [0.3, 0.4) is 0 Å². The molecule has 0 spiro atoms. The van der Waals surface area contributed by atoms with E-state index in [9.17, 15) is 8.78 Å². The van der Waals surface area contributed by atoms with Crippen LogP contribution in [-0.4, -0.2) is 26.4 Å². The summed E-state index contributed by atoms with van der Waals surface area (Å²) >= 11 is 0. The van der Waals surface area contributed by atoms with Gasteiger partial charge in [-0.25, -0.2) is 8.78 Å². The normalized spacial score (nSPS) is 11.3. The van der Waals surface area contributed by atoms with Gasteiger partial charge in [0.25, 0.3) is 0 Å². The van der Waals surface area contributed by atoms with Gasteiger partial charge in [0.15, 0.2) is 0 Å². The lowest BCUT2D eigenvalue weighted by Gasteiger charge is -2.13. The second-order valence-electron chi connectivity index (χ2n) is 14.6. The Kier molecular flexibility index (Phi) is 16.6. The molecule has 0 aromatic heterocycles. The molecular weight excluding hydrogens is 755 g/mol. The molecule has 0 unspecified atom stereocenters. The Hall–Kier alpha value is -6.54. The summed E-state index contributed by atoms with van der Waals surface area (Å²) in [7, 11) is 0. The fourth-order valence-corrected chi connectivity index (χ4v) is 6.42. The highest BCUT2D eigenvalue weighted by atomic mass is 19.1.